The quantitative estimate of drug-likeness (QED) is 0.144. The van der Waals surface area contributed by atoms with Gasteiger partial charge < -0.3 is 4.79 Å². The Labute approximate surface area is 182 Å². The van der Waals surface area contributed by atoms with Crippen LogP contribution in [0, 0.1) is 22.7 Å². The molecule has 0 aromatic heterocycles. The lowest BCUT2D eigenvalue weighted by atomic mass is 10.0. The smallest absolute Gasteiger partial charge is 0.119 e. The predicted octanol–water partition coefficient (Wildman–Crippen LogP) is 7.15. The first-order valence-corrected chi connectivity index (χ1v) is 10.9. The first-order chi connectivity index (χ1) is 14.6. The molecule has 0 heterocycles. The Bertz CT molecular complexity index is 814. The standard InChI is InChI=1S/C27H34N2O/c1-23(9-4-3-5-20-30)11-7-14-26(21-28)15-8-12-24(2)10-6-13-25-16-18-27(22-29)19-17-25/h10-11,15-20H,3-9,12-14H2,1-2H3/b23-11?,24-10?,26-15-. The number of rotatable bonds is 14. The first kappa shape index (κ1) is 25.1. The minimum Gasteiger partial charge on any atom is -0.303 e. The Kier molecular flexibility index (Phi) is 13.4. The second-order valence-corrected chi connectivity index (χ2v) is 7.78. The second kappa shape index (κ2) is 15.9. The van der Waals surface area contributed by atoms with E-state index < -0.39 is 0 Å². The van der Waals surface area contributed by atoms with Crippen LogP contribution >= 0.6 is 0 Å². The summed E-state index contributed by atoms with van der Waals surface area (Å²) >= 11 is 0. The highest BCUT2D eigenvalue weighted by Gasteiger charge is 1.98. The number of aryl methyl sites for hydroxylation is 1. The van der Waals surface area contributed by atoms with Gasteiger partial charge in [0.25, 0.3) is 0 Å². The zero-order valence-corrected chi connectivity index (χ0v) is 18.5. The Balaban J connectivity index is 2.31. The maximum Gasteiger partial charge on any atom is 0.119 e. The van der Waals surface area contributed by atoms with E-state index in [1.54, 1.807) is 0 Å². The van der Waals surface area contributed by atoms with Crippen LogP contribution in [0.4, 0.5) is 0 Å². The molecule has 0 aliphatic rings. The summed E-state index contributed by atoms with van der Waals surface area (Å²) in [6, 6.07) is 12.2. The lowest BCUT2D eigenvalue weighted by molar-refractivity contribution is -0.107. The lowest BCUT2D eigenvalue weighted by Gasteiger charge is -2.02. The third kappa shape index (κ3) is 11.8. The Morgan fingerprint density at radius 3 is 2.17 bits per heavy atom. The zero-order chi connectivity index (χ0) is 22.0. The highest BCUT2D eigenvalue weighted by molar-refractivity contribution is 5.48. The zero-order valence-electron chi connectivity index (χ0n) is 18.5. The molecule has 0 amide bonds. The number of hydrogen-bond donors (Lipinski definition) is 0. The van der Waals surface area contributed by atoms with Gasteiger partial charge in [0.1, 0.15) is 6.29 Å². The van der Waals surface area contributed by atoms with Gasteiger partial charge in [-0.25, -0.2) is 0 Å². The Morgan fingerprint density at radius 2 is 1.50 bits per heavy atom. The van der Waals surface area contributed by atoms with Crippen LogP contribution in [-0.2, 0) is 11.2 Å². The minimum atomic E-state index is 0.651. The molecule has 0 saturated carbocycles. The number of nitriles is 2. The van der Waals surface area contributed by atoms with E-state index in [9.17, 15) is 10.1 Å². The number of nitrogens with zero attached hydrogens (tertiary/aromatic N) is 2. The molecular weight excluding hydrogens is 368 g/mol. The van der Waals surface area contributed by atoms with Crippen LogP contribution < -0.4 is 0 Å². The molecule has 0 unspecified atom stereocenters. The fraction of sp³-hybridized carbons (Fsp3) is 0.444. The predicted molar refractivity (Wildman–Crippen MR) is 124 cm³/mol. The van der Waals surface area contributed by atoms with Crippen LogP contribution in [0.2, 0.25) is 0 Å². The van der Waals surface area contributed by atoms with Gasteiger partial charge in [-0.1, -0.05) is 41.5 Å². The summed E-state index contributed by atoms with van der Waals surface area (Å²) in [6.45, 7) is 4.28. The number of unbranched alkanes of at least 4 members (excludes halogenated alkanes) is 2. The van der Waals surface area contributed by atoms with Gasteiger partial charge >= 0.3 is 0 Å². The van der Waals surface area contributed by atoms with Crippen molar-refractivity contribution in [1.82, 2.24) is 0 Å². The molecule has 0 aliphatic heterocycles. The van der Waals surface area contributed by atoms with Gasteiger partial charge in [0.2, 0.25) is 0 Å². The van der Waals surface area contributed by atoms with Crippen molar-refractivity contribution in [1.29, 1.82) is 10.5 Å². The highest BCUT2D eigenvalue weighted by Crippen LogP contribution is 2.14. The fourth-order valence-electron chi connectivity index (χ4n) is 3.22. The average molecular weight is 403 g/mol. The normalized spacial score (nSPS) is 12.3. The van der Waals surface area contributed by atoms with Crippen LogP contribution in [0.3, 0.4) is 0 Å². The molecule has 30 heavy (non-hydrogen) atoms. The van der Waals surface area contributed by atoms with E-state index in [1.165, 1.54) is 16.7 Å². The second-order valence-electron chi connectivity index (χ2n) is 7.78. The van der Waals surface area contributed by atoms with E-state index in [-0.39, 0.29) is 0 Å². The third-order valence-electron chi connectivity index (χ3n) is 5.13. The molecule has 0 fully saturated rings. The highest BCUT2D eigenvalue weighted by atomic mass is 16.1. The largest absolute Gasteiger partial charge is 0.303 e. The van der Waals surface area contributed by atoms with Crippen molar-refractivity contribution in [2.45, 2.75) is 78.1 Å². The molecule has 1 aromatic rings. The number of carbonyl (C=O) groups excluding carboxylic acids is 1. The van der Waals surface area contributed by atoms with Crippen LogP contribution in [0.15, 0.2) is 59.2 Å². The lowest BCUT2D eigenvalue weighted by Crippen LogP contribution is -1.86. The molecule has 158 valence electrons. The van der Waals surface area contributed by atoms with Gasteiger partial charge in [0, 0.05) is 12.0 Å². The van der Waals surface area contributed by atoms with Crippen molar-refractivity contribution < 1.29 is 4.79 Å². The van der Waals surface area contributed by atoms with Crippen LogP contribution in [0.1, 0.15) is 82.8 Å². The SMILES string of the molecule is CC(=CCCc1ccc(C#N)cc1)CC/C=C(\C#N)CCC=C(C)CCCCC=O. The summed E-state index contributed by atoms with van der Waals surface area (Å²) in [4.78, 5) is 10.3. The molecule has 0 aliphatic carbocycles. The first-order valence-electron chi connectivity index (χ1n) is 10.9. The van der Waals surface area contributed by atoms with E-state index in [2.05, 4.69) is 44.2 Å². The topological polar surface area (TPSA) is 64.7 Å². The van der Waals surface area contributed by atoms with Gasteiger partial charge in [-0.2, -0.15) is 10.5 Å². The number of hydrogen-bond acceptors (Lipinski definition) is 3. The van der Waals surface area contributed by atoms with Crippen molar-refractivity contribution in [3.8, 4) is 12.1 Å². The van der Waals surface area contributed by atoms with E-state index >= 15 is 0 Å². The molecule has 0 saturated heterocycles. The Hall–Kier alpha value is -2.91. The molecule has 1 rings (SSSR count). The molecule has 3 heteroatoms. The number of allylic oxidation sites excluding steroid dienone is 6. The molecule has 0 bridgehead atoms. The molecule has 0 radical (unpaired) electrons. The summed E-state index contributed by atoms with van der Waals surface area (Å²) in [5.41, 5.74) is 5.51. The van der Waals surface area contributed by atoms with Crippen molar-refractivity contribution in [2.24, 2.45) is 0 Å². The summed E-state index contributed by atoms with van der Waals surface area (Å²) in [5.74, 6) is 0. The van der Waals surface area contributed by atoms with Crippen molar-refractivity contribution in [3.05, 3.63) is 70.3 Å². The minimum absolute atomic E-state index is 0.651. The summed E-state index contributed by atoms with van der Waals surface area (Å²) < 4.78 is 0. The molecule has 0 spiro atoms. The summed E-state index contributed by atoms with van der Waals surface area (Å²) in [5, 5.41) is 18.2. The van der Waals surface area contributed by atoms with Crippen molar-refractivity contribution in [3.63, 3.8) is 0 Å². The van der Waals surface area contributed by atoms with Crippen LogP contribution in [-0.4, -0.2) is 6.29 Å². The van der Waals surface area contributed by atoms with E-state index in [1.807, 2.05) is 24.3 Å². The van der Waals surface area contributed by atoms with Gasteiger partial charge in [-0.05, 0) is 89.3 Å². The summed E-state index contributed by atoms with van der Waals surface area (Å²) in [7, 11) is 0. The van der Waals surface area contributed by atoms with Gasteiger partial charge in [0.15, 0.2) is 0 Å². The molecule has 0 N–H and O–H groups in total. The van der Waals surface area contributed by atoms with Gasteiger partial charge in [0.05, 0.1) is 17.7 Å². The summed E-state index contributed by atoms with van der Waals surface area (Å²) in [6.07, 6.45) is 16.8. The van der Waals surface area contributed by atoms with Crippen LogP contribution in [0.25, 0.3) is 0 Å². The van der Waals surface area contributed by atoms with Crippen LogP contribution in [0.5, 0.6) is 0 Å². The van der Waals surface area contributed by atoms with Gasteiger partial charge in [-0.3, -0.25) is 0 Å². The fourth-order valence-corrected chi connectivity index (χ4v) is 3.22. The van der Waals surface area contributed by atoms with E-state index in [4.69, 9.17) is 5.26 Å². The number of carbonyl (C=O) groups is 1. The molecular formula is C27H34N2O. The number of benzene rings is 1. The monoisotopic (exact) mass is 402 g/mol. The van der Waals surface area contributed by atoms with Gasteiger partial charge in [-0.15, -0.1) is 0 Å². The maximum atomic E-state index is 10.3. The third-order valence-corrected chi connectivity index (χ3v) is 5.13. The maximum absolute atomic E-state index is 10.3. The Morgan fingerprint density at radius 1 is 0.833 bits per heavy atom. The van der Waals surface area contributed by atoms with Crippen molar-refractivity contribution >= 4 is 6.29 Å². The van der Waals surface area contributed by atoms with E-state index in [0.717, 1.165) is 69.6 Å². The molecule has 3 nitrogen and oxygen atoms in total. The molecule has 0 atom stereocenters. The molecule has 1 aromatic carbocycles. The van der Waals surface area contributed by atoms with Crippen molar-refractivity contribution in [2.75, 3.05) is 0 Å². The van der Waals surface area contributed by atoms with E-state index in [0.29, 0.717) is 12.0 Å². The average Bonchev–Trinajstić information content (AvgIpc) is 2.76. The number of aldehydes is 1.